The molecule has 0 aromatic heterocycles. The first-order valence-electron chi connectivity index (χ1n) is 8.20. The molecule has 1 aromatic rings. The monoisotopic (exact) mass is 354 g/mol. The van der Waals surface area contributed by atoms with Crippen LogP contribution in [0.15, 0.2) is 18.2 Å². The van der Waals surface area contributed by atoms with Crippen molar-refractivity contribution in [3.05, 3.63) is 23.2 Å². The molecular formula is C18H27ClN2OS. The molecule has 0 spiro atoms. The van der Waals surface area contributed by atoms with Crippen molar-refractivity contribution in [2.75, 3.05) is 12.4 Å². The number of ether oxygens (including phenoxy) is 1. The van der Waals surface area contributed by atoms with Gasteiger partial charge >= 0.3 is 0 Å². The lowest BCUT2D eigenvalue weighted by atomic mass is 9.71. The molecule has 0 amide bonds. The fraction of sp³-hybridized carbons (Fsp3) is 0.611. The van der Waals surface area contributed by atoms with Crippen LogP contribution in [0, 0.1) is 11.3 Å². The molecule has 3 nitrogen and oxygen atoms in total. The molecule has 1 saturated carbocycles. The van der Waals surface area contributed by atoms with E-state index in [1.807, 2.05) is 12.1 Å². The fourth-order valence-corrected chi connectivity index (χ4v) is 3.67. The van der Waals surface area contributed by atoms with Gasteiger partial charge in [0.25, 0.3) is 0 Å². The highest BCUT2D eigenvalue weighted by Crippen LogP contribution is 2.37. The summed E-state index contributed by atoms with van der Waals surface area (Å²) >= 11 is 11.5. The average molecular weight is 355 g/mol. The Kier molecular flexibility index (Phi) is 6.15. The summed E-state index contributed by atoms with van der Waals surface area (Å²) in [5.74, 6) is 1.53. The van der Waals surface area contributed by atoms with E-state index in [-0.39, 0.29) is 0 Å². The highest BCUT2D eigenvalue weighted by Gasteiger charge is 2.29. The smallest absolute Gasteiger partial charge is 0.171 e. The fourth-order valence-electron chi connectivity index (χ4n) is 3.23. The van der Waals surface area contributed by atoms with E-state index >= 15 is 0 Å². The number of halogens is 1. The Morgan fingerprint density at radius 3 is 2.43 bits per heavy atom. The number of hydrogen-bond acceptors (Lipinski definition) is 2. The van der Waals surface area contributed by atoms with Gasteiger partial charge in [0.2, 0.25) is 0 Å². The summed E-state index contributed by atoms with van der Waals surface area (Å²) in [6.45, 7) is 7.01. The summed E-state index contributed by atoms with van der Waals surface area (Å²) in [7, 11) is 1.64. The van der Waals surface area contributed by atoms with E-state index in [0.29, 0.717) is 21.6 Å². The van der Waals surface area contributed by atoms with Crippen LogP contribution in [0.2, 0.25) is 5.02 Å². The van der Waals surface area contributed by atoms with Crippen LogP contribution in [0.25, 0.3) is 0 Å². The topological polar surface area (TPSA) is 33.3 Å². The zero-order valence-electron chi connectivity index (χ0n) is 14.4. The summed E-state index contributed by atoms with van der Waals surface area (Å²) in [6, 6.07) is 5.90. The highest BCUT2D eigenvalue weighted by molar-refractivity contribution is 7.80. The molecule has 0 bridgehead atoms. The summed E-state index contributed by atoms with van der Waals surface area (Å²) in [4.78, 5) is 0. The van der Waals surface area contributed by atoms with Crippen LogP contribution in [-0.2, 0) is 0 Å². The molecule has 0 saturated heterocycles. The Balaban J connectivity index is 1.88. The van der Waals surface area contributed by atoms with Crippen molar-refractivity contribution in [1.29, 1.82) is 0 Å². The summed E-state index contributed by atoms with van der Waals surface area (Å²) in [5.41, 5.74) is 1.19. The standard InChI is InChI=1S/C18H27ClN2OS/c1-18(2,3)12-5-8-14(9-6-12)20-17(23)21-15-11-13(19)7-10-16(15)22-4/h7,10-12,14H,5-6,8-9H2,1-4H3,(H2,20,21,23). The lowest BCUT2D eigenvalue weighted by molar-refractivity contribution is 0.166. The first-order valence-corrected chi connectivity index (χ1v) is 8.99. The summed E-state index contributed by atoms with van der Waals surface area (Å²) in [5, 5.41) is 7.92. The summed E-state index contributed by atoms with van der Waals surface area (Å²) in [6.07, 6.45) is 4.83. The van der Waals surface area contributed by atoms with Gasteiger partial charge in [-0.15, -0.1) is 0 Å². The molecule has 1 aliphatic carbocycles. The van der Waals surface area contributed by atoms with E-state index in [1.54, 1.807) is 13.2 Å². The number of rotatable bonds is 3. The minimum absolute atomic E-state index is 0.401. The van der Waals surface area contributed by atoms with E-state index < -0.39 is 0 Å². The Morgan fingerprint density at radius 2 is 1.87 bits per heavy atom. The molecule has 0 radical (unpaired) electrons. The largest absolute Gasteiger partial charge is 0.495 e. The van der Waals surface area contributed by atoms with Gasteiger partial charge in [0.1, 0.15) is 5.75 Å². The molecule has 2 N–H and O–H groups in total. The van der Waals surface area contributed by atoms with Crippen LogP contribution < -0.4 is 15.4 Å². The van der Waals surface area contributed by atoms with Gasteiger partial charge in [0, 0.05) is 11.1 Å². The molecule has 1 aromatic carbocycles. The minimum atomic E-state index is 0.401. The number of anilines is 1. The Bertz CT molecular complexity index is 548. The zero-order chi connectivity index (χ0) is 17.0. The SMILES string of the molecule is COc1ccc(Cl)cc1NC(=S)NC1CCC(C(C)(C)C)CC1. The first kappa shape index (κ1) is 18.3. The lowest BCUT2D eigenvalue weighted by Crippen LogP contribution is -2.41. The molecule has 0 aliphatic heterocycles. The van der Waals surface area contributed by atoms with Gasteiger partial charge in [-0.05, 0) is 67.4 Å². The minimum Gasteiger partial charge on any atom is -0.495 e. The Morgan fingerprint density at radius 1 is 1.22 bits per heavy atom. The van der Waals surface area contributed by atoms with Gasteiger partial charge in [-0.25, -0.2) is 0 Å². The van der Waals surface area contributed by atoms with Crippen molar-refractivity contribution in [3.63, 3.8) is 0 Å². The van der Waals surface area contributed by atoms with Gasteiger partial charge in [-0.2, -0.15) is 0 Å². The molecule has 0 atom stereocenters. The van der Waals surface area contributed by atoms with Crippen molar-refractivity contribution < 1.29 is 4.74 Å². The predicted octanol–water partition coefficient (Wildman–Crippen LogP) is 5.24. The van der Waals surface area contributed by atoms with Gasteiger partial charge in [-0.1, -0.05) is 32.4 Å². The van der Waals surface area contributed by atoms with Crippen molar-refractivity contribution in [2.24, 2.45) is 11.3 Å². The van der Waals surface area contributed by atoms with Crippen molar-refractivity contribution in [2.45, 2.75) is 52.5 Å². The third kappa shape index (κ3) is 5.25. The Hall–Kier alpha value is -1.00. The number of benzene rings is 1. The van der Waals surface area contributed by atoms with Gasteiger partial charge < -0.3 is 15.4 Å². The van der Waals surface area contributed by atoms with Gasteiger partial charge in [-0.3, -0.25) is 0 Å². The van der Waals surface area contributed by atoms with Crippen LogP contribution in [0.3, 0.4) is 0 Å². The predicted molar refractivity (Wildman–Crippen MR) is 103 cm³/mol. The van der Waals surface area contributed by atoms with E-state index in [2.05, 4.69) is 31.4 Å². The number of methoxy groups -OCH3 is 1. The molecule has 128 valence electrons. The quantitative estimate of drug-likeness (QED) is 0.727. The van der Waals surface area contributed by atoms with Crippen LogP contribution >= 0.6 is 23.8 Å². The van der Waals surface area contributed by atoms with E-state index in [1.165, 1.54) is 12.8 Å². The van der Waals surface area contributed by atoms with Crippen LogP contribution in [-0.4, -0.2) is 18.3 Å². The van der Waals surface area contributed by atoms with Crippen LogP contribution in [0.1, 0.15) is 46.5 Å². The maximum Gasteiger partial charge on any atom is 0.171 e. The molecule has 5 heteroatoms. The molecule has 1 fully saturated rings. The normalized spacial score (nSPS) is 21.6. The summed E-state index contributed by atoms with van der Waals surface area (Å²) < 4.78 is 5.33. The van der Waals surface area contributed by atoms with E-state index in [4.69, 9.17) is 28.6 Å². The molecule has 1 aliphatic rings. The van der Waals surface area contributed by atoms with Crippen LogP contribution in [0.5, 0.6) is 5.75 Å². The van der Waals surface area contributed by atoms with Gasteiger partial charge in [0.15, 0.2) is 5.11 Å². The lowest BCUT2D eigenvalue weighted by Gasteiger charge is -2.37. The zero-order valence-corrected chi connectivity index (χ0v) is 16.0. The second-order valence-electron chi connectivity index (χ2n) is 7.36. The van der Waals surface area contributed by atoms with E-state index in [9.17, 15) is 0 Å². The second-order valence-corrected chi connectivity index (χ2v) is 8.20. The highest BCUT2D eigenvalue weighted by atomic mass is 35.5. The first-order chi connectivity index (χ1) is 10.8. The maximum atomic E-state index is 6.05. The van der Waals surface area contributed by atoms with Crippen molar-refractivity contribution >= 4 is 34.6 Å². The molecule has 0 heterocycles. The molecule has 2 rings (SSSR count). The third-order valence-electron chi connectivity index (χ3n) is 4.70. The van der Waals surface area contributed by atoms with Crippen molar-refractivity contribution in [1.82, 2.24) is 5.32 Å². The number of thiocarbonyl (C=S) groups is 1. The number of nitrogens with one attached hydrogen (secondary N) is 2. The average Bonchev–Trinajstić information content (AvgIpc) is 2.47. The maximum absolute atomic E-state index is 6.05. The molecule has 23 heavy (non-hydrogen) atoms. The number of hydrogen-bond donors (Lipinski definition) is 2. The van der Waals surface area contributed by atoms with Crippen LogP contribution in [0.4, 0.5) is 5.69 Å². The van der Waals surface area contributed by atoms with E-state index in [0.717, 1.165) is 30.2 Å². The molecular weight excluding hydrogens is 328 g/mol. The third-order valence-corrected chi connectivity index (χ3v) is 5.15. The molecule has 0 unspecified atom stereocenters. The Labute approximate surface area is 150 Å². The van der Waals surface area contributed by atoms with Gasteiger partial charge in [0.05, 0.1) is 12.8 Å². The second kappa shape index (κ2) is 7.71. The van der Waals surface area contributed by atoms with Crippen molar-refractivity contribution in [3.8, 4) is 5.75 Å².